The van der Waals surface area contributed by atoms with E-state index in [0.717, 1.165) is 11.3 Å². The third-order valence-electron chi connectivity index (χ3n) is 3.87. The Bertz CT molecular complexity index is 481. The number of ether oxygens (including phenoxy) is 1. The number of benzene rings is 1. The van der Waals surface area contributed by atoms with Crippen LogP contribution in [0.3, 0.4) is 0 Å². The molecule has 0 heterocycles. The molecule has 0 radical (unpaired) electrons. The normalized spacial score (nSPS) is 13.3. The van der Waals surface area contributed by atoms with E-state index in [1.807, 2.05) is 19.9 Å². The Labute approximate surface area is 129 Å². The van der Waals surface area contributed by atoms with Gasteiger partial charge in [0.2, 0.25) is 0 Å². The van der Waals surface area contributed by atoms with Gasteiger partial charge >= 0.3 is 0 Å². The summed E-state index contributed by atoms with van der Waals surface area (Å²) in [6.45, 7) is 15.3. The maximum atomic E-state index is 12.4. The molecular weight excluding hydrogens is 260 g/mol. The van der Waals surface area contributed by atoms with Crippen LogP contribution in [0.5, 0.6) is 5.75 Å². The molecule has 0 amide bonds. The molecule has 1 aromatic rings. The van der Waals surface area contributed by atoms with Gasteiger partial charge in [-0.2, -0.15) is 0 Å². The van der Waals surface area contributed by atoms with E-state index in [4.69, 9.17) is 4.74 Å². The molecule has 0 aliphatic heterocycles. The molecule has 0 spiro atoms. The second-order valence-electron chi connectivity index (χ2n) is 6.98. The van der Waals surface area contributed by atoms with Crippen molar-refractivity contribution in [3.63, 3.8) is 0 Å². The van der Waals surface area contributed by atoms with Crippen molar-refractivity contribution in [3.8, 4) is 5.75 Å². The summed E-state index contributed by atoms with van der Waals surface area (Å²) < 4.78 is 5.78. The van der Waals surface area contributed by atoms with Crippen LogP contribution < -0.4 is 4.74 Å². The molecule has 2 heteroatoms. The van der Waals surface area contributed by atoms with Crippen molar-refractivity contribution in [2.24, 2.45) is 5.92 Å². The number of carbonyl (C=O) groups excluding carboxylic acids is 1. The van der Waals surface area contributed by atoms with E-state index in [1.165, 1.54) is 5.56 Å². The highest BCUT2D eigenvalue weighted by Gasteiger charge is 2.27. The Kier molecular flexibility index (Phi) is 6.00. The molecule has 1 unspecified atom stereocenters. The van der Waals surface area contributed by atoms with E-state index < -0.39 is 0 Å². The molecule has 0 fully saturated rings. The van der Waals surface area contributed by atoms with E-state index in [-0.39, 0.29) is 23.0 Å². The smallest absolute Gasteiger partial charge is 0.140 e. The van der Waals surface area contributed by atoms with Crippen LogP contribution >= 0.6 is 0 Å². The zero-order valence-electron chi connectivity index (χ0n) is 14.6. The van der Waals surface area contributed by atoms with Gasteiger partial charge in [0.05, 0.1) is 6.61 Å². The Morgan fingerprint density at radius 2 is 1.81 bits per heavy atom. The van der Waals surface area contributed by atoms with Gasteiger partial charge in [-0.15, -0.1) is 0 Å². The van der Waals surface area contributed by atoms with E-state index in [9.17, 15) is 4.79 Å². The van der Waals surface area contributed by atoms with E-state index in [2.05, 4.69) is 46.8 Å². The first-order valence-corrected chi connectivity index (χ1v) is 8.02. The minimum absolute atomic E-state index is 0.0658. The van der Waals surface area contributed by atoms with Crippen LogP contribution in [0, 0.1) is 5.92 Å². The molecule has 21 heavy (non-hydrogen) atoms. The topological polar surface area (TPSA) is 26.3 Å². The van der Waals surface area contributed by atoms with Gasteiger partial charge in [0.15, 0.2) is 0 Å². The van der Waals surface area contributed by atoms with Crippen molar-refractivity contribution < 1.29 is 9.53 Å². The standard InChI is InChI=1S/C19H30O2/c1-8-16(20)18(13(3)4)15-12-14(19(5,6)7)10-11-17(15)21-9-2/h10-13,18H,8-9H2,1-7H3. The Hall–Kier alpha value is -1.31. The van der Waals surface area contributed by atoms with Crippen molar-refractivity contribution in [3.05, 3.63) is 29.3 Å². The fourth-order valence-electron chi connectivity index (χ4n) is 2.67. The maximum Gasteiger partial charge on any atom is 0.140 e. The quantitative estimate of drug-likeness (QED) is 0.728. The summed E-state index contributed by atoms with van der Waals surface area (Å²) >= 11 is 0. The minimum Gasteiger partial charge on any atom is -0.494 e. The number of ketones is 1. The fourth-order valence-corrected chi connectivity index (χ4v) is 2.67. The Balaban J connectivity index is 3.42. The number of Topliss-reactive ketones (excluding diaryl/α,β-unsaturated/α-hetero) is 1. The van der Waals surface area contributed by atoms with Crippen molar-refractivity contribution in [1.82, 2.24) is 0 Å². The van der Waals surface area contributed by atoms with E-state index in [1.54, 1.807) is 0 Å². The number of hydrogen-bond acceptors (Lipinski definition) is 2. The molecule has 1 aromatic carbocycles. The van der Waals surface area contributed by atoms with Crippen LogP contribution in [0.4, 0.5) is 0 Å². The van der Waals surface area contributed by atoms with Crippen LogP contribution in [0.1, 0.15) is 71.9 Å². The first kappa shape index (κ1) is 17.7. The molecule has 1 rings (SSSR count). The average molecular weight is 290 g/mol. The molecule has 0 aliphatic carbocycles. The van der Waals surface area contributed by atoms with E-state index in [0.29, 0.717) is 13.0 Å². The summed E-state index contributed by atoms with van der Waals surface area (Å²) in [7, 11) is 0. The van der Waals surface area contributed by atoms with Crippen molar-refractivity contribution in [2.45, 2.75) is 66.2 Å². The van der Waals surface area contributed by atoms with Gasteiger partial charge in [-0.25, -0.2) is 0 Å². The van der Waals surface area contributed by atoms with Gasteiger partial charge in [0.1, 0.15) is 11.5 Å². The molecular formula is C19H30O2. The van der Waals surface area contributed by atoms with Gasteiger partial charge in [-0.3, -0.25) is 4.79 Å². The van der Waals surface area contributed by atoms with Crippen LogP contribution in [0.25, 0.3) is 0 Å². The molecule has 1 atom stereocenters. The predicted octanol–water partition coefficient (Wildman–Crippen LogP) is 5.10. The zero-order chi connectivity index (χ0) is 16.2. The van der Waals surface area contributed by atoms with Crippen molar-refractivity contribution in [1.29, 1.82) is 0 Å². The number of carbonyl (C=O) groups is 1. The van der Waals surface area contributed by atoms with Gasteiger partial charge in [0, 0.05) is 17.9 Å². The van der Waals surface area contributed by atoms with Crippen molar-refractivity contribution in [2.75, 3.05) is 6.61 Å². The summed E-state index contributed by atoms with van der Waals surface area (Å²) in [6.07, 6.45) is 0.564. The first-order valence-electron chi connectivity index (χ1n) is 8.02. The van der Waals surface area contributed by atoms with Crippen molar-refractivity contribution >= 4 is 5.78 Å². The highest BCUT2D eigenvalue weighted by molar-refractivity contribution is 5.86. The number of rotatable bonds is 6. The largest absolute Gasteiger partial charge is 0.494 e. The van der Waals surface area contributed by atoms with E-state index >= 15 is 0 Å². The summed E-state index contributed by atoms with van der Waals surface area (Å²) in [6, 6.07) is 6.31. The summed E-state index contributed by atoms with van der Waals surface area (Å²) in [5, 5.41) is 0. The van der Waals surface area contributed by atoms with Crippen LogP contribution in [0.2, 0.25) is 0 Å². The maximum absolute atomic E-state index is 12.4. The fraction of sp³-hybridized carbons (Fsp3) is 0.632. The van der Waals surface area contributed by atoms with Gasteiger partial charge in [-0.1, -0.05) is 53.7 Å². The molecule has 2 nitrogen and oxygen atoms in total. The van der Waals surface area contributed by atoms with Gasteiger partial charge in [0.25, 0.3) is 0 Å². The summed E-state index contributed by atoms with van der Waals surface area (Å²) in [4.78, 5) is 12.4. The second-order valence-corrected chi connectivity index (χ2v) is 6.98. The van der Waals surface area contributed by atoms with Gasteiger partial charge < -0.3 is 4.74 Å². The lowest BCUT2D eigenvalue weighted by atomic mass is 9.79. The molecule has 0 aliphatic rings. The minimum atomic E-state index is -0.0844. The average Bonchev–Trinajstić information content (AvgIpc) is 2.39. The predicted molar refractivity (Wildman–Crippen MR) is 89.2 cm³/mol. The van der Waals surface area contributed by atoms with Crippen LogP contribution in [-0.4, -0.2) is 12.4 Å². The SMILES string of the molecule is CCOc1ccc(C(C)(C)C)cc1C(C(=O)CC)C(C)C. The second kappa shape index (κ2) is 7.11. The summed E-state index contributed by atoms with van der Waals surface area (Å²) in [5.74, 6) is 1.33. The number of hydrogen-bond donors (Lipinski definition) is 0. The third kappa shape index (κ3) is 4.33. The Morgan fingerprint density at radius 1 is 1.19 bits per heavy atom. The Morgan fingerprint density at radius 3 is 2.24 bits per heavy atom. The summed E-state index contributed by atoms with van der Waals surface area (Å²) in [5.41, 5.74) is 2.36. The lowest BCUT2D eigenvalue weighted by Gasteiger charge is -2.26. The molecule has 0 saturated carbocycles. The molecule has 0 saturated heterocycles. The molecule has 0 N–H and O–H groups in total. The first-order chi connectivity index (χ1) is 9.72. The zero-order valence-corrected chi connectivity index (χ0v) is 14.6. The molecule has 0 aromatic heterocycles. The lowest BCUT2D eigenvalue weighted by molar-refractivity contribution is -0.121. The highest BCUT2D eigenvalue weighted by atomic mass is 16.5. The molecule has 118 valence electrons. The van der Waals surface area contributed by atoms with Crippen LogP contribution in [-0.2, 0) is 10.2 Å². The highest BCUT2D eigenvalue weighted by Crippen LogP contribution is 2.37. The lowest BCUT2D eigenvalue weighted by Crippen LogP contribution is -2.20. The van der Waals surface area contributed by atoms with Crippen LogP contribution in [0.15, 0.2) is 18.2 Å². The third-order valence-corrected chi connectivity index (χ3v) is 3.87. The monoisotopic (exact) mass is 290 g/mol. The molecule has 0 bridgehead atoms. The van der Waals surface area contributed by atoms with Gasteiger partial charge in [-0.05, 0) is 29.9 Å².